The molecule has 3 heterocycles. The number of carbonyl (C=O) groups excluding carboxylic acids is 2. The Labute approximate surface area is 248 Å². The molecule has 210 valence electrons. The topological polar surface area (TPSA) is 107 Å². The number of aromatic nitrogens is 1. The number of thiophene rings is 1. The smallest absolute Gasteiger partial charge is 0.433 e. The van der Waals surface area contributed by atoms with E-state index in [1.807, 2.05) is 6.92 Å². The number of pyridine rings is 1. The van der Waals surface area contributed by atoms with Crippen LogP contribution in [-0.4, -0.2) is 16.8 Å². The molecule has 0 spiro atoms. The van der Waals surface area contributed by atoms with Crippen LogP contribution in [0.2, 0.25) is 5.02 Å². The normalized spacial score (nSPS) is 11.6. The highest BCUT2D eigenvalue weighted by Gasteiger charge is 2.35. The van der Waals surface area contributed by atoms with Crippen LogP contribution in [0.5, 0.6) is 5.75 Å². The average molecular weight is 665 g/mol. The lowest BCUT2D eigenvalue weighted by Crippen LogP contribution is -2.16. The van der Waals surface area contributed by atoms with Crippen LogP contribution in [0.3, 0.4) is 0 Å². The summed E-state index contributed by atoms with van der Waals surface area (Å²) >= 11 is 10.1. The van der Waals surface area contributed by atoms with Crippen molar-refractivity contribution in [2.75, 3.05) is 5.32 Å². The molecule has 13 heteroatoms. The maximum Gasteiger partial charge on any atom is 0.433 e. The summed E-state index contributed by atoms with van der Waals surface area (Å²) in [5.41, 5.74) is 5.81. The second kappa shape index (κ2) is 11.2. The minimum absolute atomic E-state index is 0.0374. The number of furan rings is 1. The molecule has 3 aromatic heterocycles. The van der Waals surface area contributed by atoms with Crippen molar-refractivity contribution in [2.24, 2.45) is 5.73 Å². The molecule has 3 N–H and O–H groups in total. The van der Waals surface area contributed by atoms with Crippen LogP contribution in [0.25, 0.3) is 21.3 Å². The van der Waals surface area contributed by atoms with Gasteiger partial charge in [-0.25, -0.2) is 4.98 Å². The van der Waals surface area contributed by atoms with E-state index in [1.54, 1.807) is 42.5 Å². The number of aryl methyl sites for hydroxylation is 1. The first-order chi connectivity index (χ1) is 19.4. The number of primary amides is 1. The summed E-state index contributed by atoms with van der Waals surface area (Å²) in [5.74, 6) is -1.11. The second-order valence-corrected chi connectivity index (χ2v) is 11.2. The van der Waals surface area contributed by atoms with Crippen molar-refractivity contribution in [3.8, 4) is 16.9 Å². The maximum absolute atomic E-state index is 13.7. The molecule has 2 aromatic carbocycles. The van der Waals surface area contributed by atoms with Gasteiger partial charge in [-0.1, -0.05) is 57.4 Å². The van der Waals surface area contributed by atoms with Crippen molar-refractivity contribution in [2.45, 2.75) is 19.7 Å². The van der Waals surface area contributed by atoms with Crippen molar-refractivity contribution in [3.63, 3.8) is 0 Å². The zero-order valence-electron chi connectivity index (χ0n) is 20.9. The number of rotatable bonds is 7. The summed E-state index contributed by atoms with van der Waals surface area (Å²) in [6, 6.07) is 15.7. The van der Waals surface area contributed by atoms with Crippen molar-refractivity contribution >= 4 is 66.6 Å². The zero-order valence-corrected chi connectivity index (χ0v) is 24.1. The van der Waals surface area contributed by atoms with Crippen LogP contribution in [0.1, 0.15) is 37.2 Å². The number of halogens is 5. The summed E-state index contributed by atoms with van der Waals surface area (Å²) in [6.07, 6.45) is -4.75. The fourth-order valence-corrected chi connectivity index (χ4v) is 5.73. The third-order valence-electron chi connectivity index (χ3n) is 5.93. The average Bonchev–Trinajstić information content (AvgIpc) is 3.53. The van der Waals surface area contributed by atoms with E-state index in [0.29, 0.717) is 33.4 Å². The molecule has 0 aliphatic rings. The Balaban J connectivity index is 1.51. The van der Waals surface area contributed by atoms with Gasteiger partial charge in [-0.15, -0.1) is 11.3 Å². The molecule has 0 saturated carbocycles. The number of benzene rings is 2. The number of nitrogens with zero attached hydrogens (tertiary/aromatic N) is 1. The van der Waals surface area contributed by atoms with E-state index in [-0.39, 0.29) is 38.7 Å². The van der Waals surface area contributed by atoms with Gasteiger partial charge in [0.25, 0.3) is 11.8 Å². The van der Waals surface area contributed by atoms with E-state index >= 15 is 0 Å². The van der Waals surface area contributed by atoms with E-state index in [2.05, 4.69) is 26.2 Å². The number of hydrogen-bond donors (Lipinski definition) is 2. The minimum atomic E-state index is -4.75. The number of alkyl halides is 3. The van der Waals surface area contributed by atoms with E-state index in [0.717, 1.165) is 16.1 Å². The molecule has 0 aliphatic heterocycles. The van der Waals surface area contributed by atoms with E-state index in [1.165, 1.54) is 12.1 Å². The van der Waals surface area contributed by atoms with Gasteiger partial charge in [0, 0.05) is 9.86 Å². The maximum atomic E-state index is 13.7. The minimum Gasteiger partial charge on any atom is -0.484 e. The van der Waals surface area contributed by atoms with Gasteiger partial charge in [0.2, 0.25) is 0 Å². The summed E-state index contributed by atoms with van der Waals surface area (Å²) in [7, 11) is 0. The van der Waals surface area contributed by atoms with Gasteiger partial charge in [0.15, 0.2) is 5.76 Å². The summed E-state index contributed by atoms with van der Waals surface area (Å²) < 4.78 is 53.3. The predicted octanol–water partition coefficient (Wildman–Crippen LogP) is 8.23. The SMILES string of the molecule is Cc1ccc(-c2cc(C(F)(F)F)nc3sc(C(N)=O)c(NC(=O)c4ccc(COc5ccc(Br)cc5Cl)o4)c23)cc1. The van der Waals surface area contributed by atoms with Crippen LogP contribution >= 0.6 is 38.9 Å². The molecule has 41 heavy (non-hydrogen) atoms. The first kappa shape index (κ1) is 28.7. The molecule has 0 unspecified atom stereocenters. The van der Waals surface area contributed by atoms with E-state index in [9.17, 15) is 22.8 Å². The lowest BCUT2D eigenvalue weighted by atomic mass is 10.00. The van der Waals surface area contributed by atoms with Crippen LogP contribution in [0.4, 0.5) is 18.9 Å². The Hall–Kier alpha value is -3.87. The largest absolute Gasteiger partial charge is 0.484 e. The highest BCUT2D eigenvalue weighted by atomic mass is 79.9. The number of anilines is 1. The molecule has 0 saturated heterocycles. The molecule has 2 amide bonds. The molecule has 7 nitrogen and oxygen atoms in total. The predicted molar refractivity (Wildman–Crippen MR) is 153 cm³/mol. The van der Waals surface area contributed by atoms with Gasteiger partial charge >= 0.3 is 6.18 Å². The molecule has 0 fully saturated rings. The van der Waals surface area contributed by atoms with Crippen LogP contribution in [0, 0.1) is 6.92 Å². The van der Waals surface area contributed by atoms with Crippen LogP contribution in [-0.2, 0) is 12.8 Å². The van der Waals surface area contributed by atoms with E-state index in [4.69, 9.17) is 26.5 Å². The quantitative estimate of drug-likeness (QED) is 0.182. The highest BCUT2D eigenvalue weighted by molar-refractivity contribution is 9.10. The molecular weight excluding hydrogens is 647 g/mol. The molecule has 0 bridgehead atoms. The Morgan fingerprint density at radius 1 is 1.12 bits per heavy atom. The number of hydrogen-bond acceptors (Lipinski definition) is 6. The molecule has 0 radical (unpaired) electrons. The van der Waals surface area contributed by atoms with Gasteiger partial charge < -0.3 is 20.2 Å². The van der Waals surface area contributed by atoms with Crippen molar-refractivity contribution in [1.29, 1.82) is 0 Å². The lowest BCUT2D eigenvalue weighted by Gasteiger charge is -2.12. The Bertz CT molecular complexity index is 1800. The number of amides is 2. The lowest BCUT2D eigenvalue weighted by molar-refractivity contribution is -0.140. The third-order valence-corrected chi connectivity index (χ3v) is 7.81. The van der Waals surface area contributed by atoms with Gasteiger partial charge in [-0.3, -0.25) is 9.59 Å². The first-order valence-electron chi connectivity index (χ1n) is 11.8. The molecule has 0 aliphatic carbocycles. The van der Waals surface area contributed by atoms with Crippen molar-refractivity contribution < 1.29 is 31.9 Å². The van der Waals surface area contributed by atoms with Gasteiger partial charge in [0.1, 0.15) is 33.5 Å². The third kappa shape index (κ3) is 6.09. The second-order valence-electron chi connectivity index (χ2n) is 8.85. The Morgan fingerprint density at radius 2 is 1.85 bits per heavy atom. The van der Waals surface area contributed by atoms with Crippen LogP contribution < -0.4 is 15.8 Å². The summed E-state index contributed by atoms with van der Waals surface area (Å²) in [4.78, 5) is 29.0. The zero-order chi connectivity index (χ0) is 29.5. The fourth-order valence-electron chi connectivity index (χ4n) is 3.99. The summed E-state index contributed by atoms with van der Waals surface area (Å²) in [5, 5.41) is 3.12. The number of nitrogens with two attached hydrogens (primary N) is 1. The van der Waals surface area contributed by atoms with Crippen molar-refractivity contribution in [3.05, 3.63) is 97.8 Å². The van der Waals surface area contributed by atoms with Crippen molar-refractivity contribution in [1.82, 2.24) is 4.98 Å². The molecular formula is C28H18BrClF3N3O4S. The van der Waals surface area contributed by atoms with Crippen LogP contribution in [0.15, 0.2) is 69.6 Å². The Morgan fingerprint density at radius 3 is 2.51 bits per heavy atom. The number of nitrogens with one attached hydrogen (secondary N) is 1. The number of ether oxygens (including phenoxy) is 1. The van der Waals surface area contributed by atoms with Gasteiger partial charge in [0.05, 0.1) is 10.7 Å². The monoisotopic (exact) mass is 663 g/mol. The summed E-state index contributed by atoms with van der Waals surface area (Å²) in [6.45, 7) is 1.80. The van der Waals surface area contributed by atoms with Gasteiger partial charge in [-0.05, 0) is 54.4 Å². The van der Waals surface area contributed by atoms with E-state index < -0.39 is 23.7 Å². The van der Waals surface area contributed by atoms with Gasteiger partial charge in [-0.2, -0.15) is 13.2 Å². The molecule has 0 atom stereocenters. The fraction of sp³-hybridized carbons (Fsp3) is 0.107. The highest BCUT2D eigenvalue weighted by Crippen LogP contribution is 2.44. The molecule has 5 aromatic rings. The number of carbonyl (C=O) groups is 2. The molecule has 5 rings (SSSR count). The standard InChI is InChI=1S/C28H18BrClF3N3O4S/c1-13-2-4-14(5-3-13)17-11-21(28(31,32)33)35-27-22(17)23(24(41-27)25(34)37)36-26(38)20-9-7-16(40-20)12-39-19-8-6-15(29)10-18(19)30/h2-11H,12H2,1H3,(H2,34,37)(H,36,38). The number of fused-ring (bicyclic) bond motifs is 1. The first-order valence-corrected chi connectivity index (χ1v) is 13.8. The Kier molecular flexibility index (Phi) is 7.82.